The summed E-state index contributed by atoms with van der Waals surface area (Å²) < 4.78 is 12.4. The molecule has 1 N–H and O–H groups in total. The van der Waals surface area contributed by atoms with Crippen molar-refractivity contribution in [2.24, 2.45) is 0 Å². The number of carbonyl (C=O) groups is 3. The topological polar surface area (TPSA) is 106 Å². The Hall–Kier alpha value is -4.18. The van der Waals surface area contributed by atoms with Crippen molar-refractivity contribution in [1.82, 2.24) is 15.1 Å². The molecule has 1 aromatic heterocycles. The molecule has 4 heterocycles. The van der Waals surface area contributed by atoms with Crippen molar-refractivity contribution in [3.05, 3.63) is 65.0 Å². The van der Waals surface area contributed by atoms with Crippen LogP contribution in [-0.2, 0) is 22.4 Å². The van der Waals surface area contributed by atoms with Crippen LogP contribution in [0.3, 0.4) is 0 Å². The van der Waals surface area contributed by atoms with Gasteiger partial charge in [-0.25, -0.2) is 9.48 Å². The fraction of sp³-hybridized carbons (Fsp3) is 0.333. The minimum Gasteiger partial charge on any atom is -0.493 e. The molecule has 0 radical (unpaired) electrons. The SMILES string of the molecule is CCOC(=O)c1nn(-c2ccc3c(c2)CCO3)c2c1CCN(c1ccc(N3CCNCC3=O)cc1)C2=O. The number of piperazine rings is 1. The smallest absolute Gasteiger partial charge is 0.359 e. The molecule has 1 saturated heterocycles. The number of fused-ring (bicyclic) bond motifs is 2. The summed E-state index contributed by atoms with van der Waals surface area (Å²) >= 11 is 0. The van der Waals surface area contributed by atoms with Crippen molar-refractivity contribution < 1.29 is 23.9 Å². The number of esters is 1. The molecule has 3 aromatic rings. The lowest BCUT2D eigenvalue weighted by atomic mass is 10.0. The number of amides is 2. The summed E-state index contributed by atoms with van der Waals surface area (Å²) in [5.41, 5.74) is 4.38. The zero-order chi connectivity index (χ0) is 25.5. The summed E-state index contributed by atoms with van der Waals surface area (Å²) in [4.78, 5) is 42.3. The molecule has 0 spiro atoms. The van der Waals surface area contributed by atoms with Gasteiger partial charge in [0.2, 0.25) is 5.91 Å². The zero-order valence-electron chi connectivity index (χ0n) is 20.5. The van der Waals surface area contributed by atoms with Crippen LogP contribution in [0.15, 0.2) is 42.5 Å². The van der Waals surface area contributed by atoms with Gasteiger partial charge in [0.15, 0.2) is 5.69 Å². The minimum absolute atomic E-state index is 0.0211. The van der Waals surface area contributed by atoms with Gasteiger partial charge in [0.25, 0.3) is 5.91 Å². The first-order valence-corrected chi connectivity index (χ1v) is 12.5. The Morgan fingerprint density at radius 2 is 1.78 bits per heavy atom. The zero-order valence-corrected chi connectivity index (χ0v) is 20.5. The van der Waals surface area contributed by atoms with E-state index in [1.54, 1.807) is 21.4 Å². The van der Waals surface area contributed by atoms with Crippen LogP contribution in [0.4, 0.5) is 11.4 Å². The number of carbonyl (C=O) groups excluding carboxylic acids is 3. The highest BCUT2D eigenvalue weighted by atomic mass is 16.5. The summed E-state index contributed by atoms with van der Waals surface area (Å²) in [7, 11) is 0. The maximum absolute atomic E-state index is 13.9. The van der Waals surface area contributed by atoms with Crippen molar-refractivity contribution in [1.29, 1.82) is 0 Å². The summed E-state index contributed by atoms with van der Waals surface area (Å²) in [5, 5.41) is 7.64. The Morgan fingerprint density at radius 3 is 2.54 bits per heavy atom. The van der Waals surface area contributed by atoms with E-state index in [9.17, 15) is 14.4 Å². The van der Waals surface area contributed by atoms with E-state index in [1.165, 1.54) is 0 Å². The maximum Gasteiger partial charge on any atom is 0.359 e. The first kappa shape index (κ1) is 23.2. The molecule has 0 bridgehead atoms. The molecule has 1 fully saturated rings. The predicted octanol–water partition coefficient (Wildman–Crippen LogP) is 2.12. The number of hydrogen-bond donors (Lipinski definition) is 1. The quantitative estimate of drug-likeness (QED) is 0.534. The first-order chi connectivity index (χ1) is 18.0. The second-order valence-electron chi connectivity index (χ2n) is 9.14. The van der Waals surface area contributed by atoms with Crippen LogP contribution >= 0.6 is 0 Å². The molecule has 190 valence electrons. The van der Waals surface area contributed by atoms with E-state index < -0.39 is 5.97 Å². The number of nitrogens with zero attached hydrogens (tertiary/aromatic N) is 4. The van der Waals surface area contributed by atoms with E-state index in [-0.39, 0.29) is 24.1 Å². The second kappa shape index (κ2) is 9.36. The van der Waals surface area contributed by atoms with Gasteiger partial charge < -0.3 is 24.6 Å². The van der Waals surface area contributed by atoms with Crippen LogP contribution in [0.5, 0.6) is 5.75 Å². The highest BCUT2D eigenvalue weighted by Gasteiger charge is 2.36. The van der Waals surface area contributed by atoms with Crippen molar-refractivity contribution >= 4 is 29.2 Å². The van der Waals surface area contributed by atoms with E-state index in [2.05, 4.69) is 10.4 Å². The van der Waals surface area contributed by atoms with Gasteiger partial charge in [-0.05, 0) is 61.4 Å². The number of ether oxygens (including phenoxy) is 2. The molecule has 2 amide bonds. The lowest BCUT2D eigenvalue weighted by Crippen LogP contribution is -2.48. The van der Waals surface area contributed by atoms with E-state index in [4.69, 9.17) is 9.47 Å². The standard InChI is InChI=1S/C27H27N5O5/c1-2-36-27(35)24-21-9-12-31(19-5-3-18(4-6-19)30-13-11-28-16-23(30)33)26(34)25(21)32(29-24)20-7-8-22-17(15-20)10-14-37-22/h3-8,15,28H,2,9-14,16H2,1H3. The average molecular weight is 502 g/mol. The van der Waals surface area contributed by atoms with Crippen LogP contribution in [0, 0.1) is 0 Å². The Balaban J connectivity index is 1.36. The van der Waals surface area contributed by atoms with E-state index in [0.717, 1.165) is 35.7 Å². The summed E-state index contributed by atoms with van der Waals surface area (Å²) in [5.74, 6) is 0.0690. The molecule has 3 aliphatic rings. The van der Waals surface area contributed by atoms with Crippen LogP contribution in [0.25, 0.3) is 5.69 Å². The highest BCUT2D eigenvalue weighted by Crippen LogP contribution is 2.32. The number of nitrogens with one attached hydrogen (secondary N) is 1. The molecule has 0 unspecified atom stereocenters. The molecule has 6 rings (SSSR count). The molecular weight excluding hydrogens is 474 g/mol. The largest absolute Gasteiger partial charge is 0.493 e. The lowest BCUT2D eigenvalue weighted by molar-refractivity contribution is -0.118. The predicted molar refractivity (Wildman–Crippen MR) is 136 cm³/mol. The summed E-state index contributed by atoms with van der Waals surface area (Å²) in [6.07, 6.45) is 1.24. The van der Waals surface area contributed by atoms with Crippen LogP contribution < -0.4 is 19.9 Å². The number of rotatable bonds is 5. The van der Waals surface area contributed by atoms with Crippen molar-refractivity contribution in [3.63, 3.8) is 0 Å². The van der Waals surface area contributed by atoms with Crippen LogP contribution in [0.1, 0.15) is 39.0 Å². The van der Waals surface area contributed by atoms with Gasteiger partial charge in [-0.2, -0.15) is 5.10 Å². The number of aromatic nitrogens is 2. The van der Waals surface area contributed by atoms with E-state index in [1.807, 2.05) is 42.5 Å². The molecule has 0 atom stereocenters. The third kappa shape index (κ3) is 4.03. The monoisotopic (exact) mass is 501 g/mol. The lowest BCUT2D eigenvalue weighted by Gasteiger charge is -2.30. The fourth-order valence-electron chi connectivity index (χ4n) is 5.15. The van der Waals surface area contributed by atoms with Gasteiger partial charge in [-0.1, -0.05) is 0 Å². The average Bonchev–Trinajstić information content (AvgIpc) is 3.54. The Morgan fingerprint density at radius 1 is 1.03 bits per heavy atom. The molecule has 10 nitrogen and oxygen atoms in total. The summed E-state index contributed by atoms with van der Waals surface area (Å²) in [6, 6.07) is 13.1. The van der Waals surface area contributed by atoms with Crippen molar-refractivity contribution in [2.45, 2.75) is 19.8 Å². The normalized spacial score (nSPS) is 16.9. The van der Waals surface area contributed by atoms with Gasteiger partial charge in [0.05, 0.1) is 25.4 Å². The van der Waals surface area contributed by atoms with Gasteiger partial charge in [0, 0.05) is 43.0 Å². The summed E-state index contributed by atoms with van der Waals surface area (Å²) in [6.45, 7) is 4.64. The van der Waals surface area contributed by atoms with E-state index >= 15 is 0 Å². The fourth-order valence-corrected chi connectivity index (χ4v) is 5.15. The van der Waals surface area contributed by atoms with Crippen LogP contribution in [-0.4, -0.2) is 67.0 Å². The molecule has 2 aromatic carbocycles. The van der Waals surface area contributed by atoms with Crippen molar-refractivity contribution in [3.8, 4) is 11.4 Å². The third-order valence-corrected chi connectivity index (χ3v) is 6.97. The molecule has 0 saturated carbocycles. The second-order valence-corrected chi connectivity index (χ2v) is 9.14. The van der Waals surface area contributed by atoms with Gasteiger partial charge in [-0.3, -0.25) is 9.59 Å². The molecule has 10 heteroatoms. The molecular formula is C27H27N5O5. The third-order valence-electron chi connectivity index (χ3n) is 6.97. The number of benzene rings is 2. The molecule has 0 aliphatic carbocycles. The number of hydrogen-bond acceptors (Lipinski definition) is 7. The maximum atomic E-state index is 13.9. The number of anilines is 2. The highest BCUT2D eigenvalue weighted by molar-refractivity contribution is 6.09. The van der Waals surface area contributed by atoms with Crippen LogP contribution in [0.2, 0.25) is 0 Å². The Labute approximate surface area is 213 Å². The first-order valence-electron chi connectivity index (χ1n) is 12.5. The Bertz CT molecular complexity index is 1400. The van der Waals surface area contributed by atoms with Gasteiger partial charge in [-0.15, -0.1) is 0 Å². The Kier molecular flexibility index (Phi) is 5.88. The minimum atomic E-state index is -0.534. The van der Waals surface area contributed by atoms with Crippen molar-refractivity contribution in [2.75, 3.05) is 49.2 Å². The van der Waals surface area contributed by atoms with Gasteiger partial charge in [0.1, 0.15) is 11.4 Å². The molecule has 3 aliphatic heterocycles. The van der Waals surface area contributed by atoms with Gasteiger partial charge >= 0.3 is 5.97 Å². The van der Waals surface area contributed by atoms with E-state index in [0.29, 0.717) is 49.6 Å². The molecule has 37 heavy (non-hydrogen) atoms.